The quantitative estimate of drug-likeness (QED) is 0.451. The molecule has 1 amide bonds. The van der Waals surface area contributed by atoms with E-state index in [1.165, 1.54) is 12.1 Å². The molecule has 0 aliphatic rings. The lowest BCUT2D eigenvalue weighted by Crippen LogP contribution is -2.40. The molecule has 1 aromatic heterocycles. The highest BCUT2D eigenvalue weighted by Gasteiger charge is 2.37. The van der Waals surface area contributed by atoms with Crippen molar-refractivity contribution in [2.45, 2.75) is 25.5 Å². The Morgan fingerprint density at radius 1 is 0.967 bits per heavy atom. The van der Waals surface area contributed by atoms with Crippen molar-refractivity contribution in [3.05, 3.63) is 96.3 Å². The maximum Gasteiger partial charge on any atom is 0.405 e. The van der Waals surface area contributed by atoms with E-state index in [0.29, 0.717) is 5.52 Å². The highest BCUT2D eigenvalue weighted by Crippen LogP contribution is 2.40. The minimum absolute atomic E-state index is 0.332. The zero-order valence-electron chi connectivity index (χ0n) is 16.9. The Morgan fingerprint density at radius 3 is 2.23 bits per heavy atom. The van der Waals surface area contributed by atoms with Crippen molar-refractivity contribution in [3.63, 3.8) is 0 Å². The summed E-state index contributed by atoms with van der Waals surface area (Å²) in [6.07, 6.45) is -0.857. The van der Waals surface area contributed by atoms with E-state index in [4.69, 9.17) is 10.5 Å². The number of rotatable bonds is 5. The summed E-state index contributed by atoms with van der Waals surface area (Å²) < 4.78 is 21.9. The standard InChI is InChI=1S/C25H23FN2O2/c1-25(2,30-24(27)29)23(18-11-7-4-8-12-18)28-21(17-9-5-3-6-10-17)15-19-13-14-20(26)16-22(19)28/h3-16,23H,1-2H3,(H2,27,29). The third kappa shape index (κ3) is 3.66. The van der Waals surface area contributed by atoms with E-state index in [2.05, 4.69) is 0 Å². The first-order valence-corrected chi connectivity index (χ1v) is 9.76. The maximum absolute atomic E-state index is 14.3. The third-order valence-corrected chi connectivity index (χ3v) is 5.27. The van der Waals surface area contributed by atoms with Crippen molar-refractivity contribution in [2.75, 3.05) is 0 Å². The topological polar surface area (TPSA) is 57.2 Å². The maximum atomic E-state index is 14.3. The Balaban J connectivity index is 2.06. The first-order valence-electron chi connectivity index (χ1n) is 9.76. The predicted molar refractivity (Wildman–Crippen MR) is 117 cm³/mol. The molecule has 4 aromatic rings. The van der Waals surface area contributed by atoms with Crippen LogP contribution in [0.5, 0.6) is 0 Å². The molecule has 0 aliphatic heterocycles. The van der Waals surface area contributed by atoms with Crippen LogP contribution in [0.3, 0.4) is 0 Å². The van der Waals surface area contributed by atoms with Gasteiger partial charge in [-0.05, 0) is 49.2 Å². The molecular weight excluding hydrogens is 379 g/mol. The first-order chi connectivity index (χ1) is 14.4. The number of hydrogen-bond acceptors (Lipinski definition) is 2. The largest absolute Gasteiger partial charge is 0.441 e. The number of amides is 1. The Bertz CT molecular complexity index is 1180. The summed E-state index contributed by atoms with van der Waals surface area (Å²) in [6, 6.07) is 25.9. The van der Waals surface area contributed by atoms with Gasteiger partial charge >= 0.3 is 6.09 Å². The minimum atomic E-state index is -1.00. The molecule has 0 saturated heterocycles. The van der Waals surface area contributed by atoms with Gasteiger partial charge in [-0.15, -0.1) is 0 Å². The molecule has 5 heteroatoms. The fraction of sp³-hybridized carbons (Fsp3) is 0.160. The smallest absolute Gasteiger partial charge is 0.405 e. The van der Waals surface area contributed by atoms with Gasteiger partial charge in [-0.2, -0.15) is 0 Å². The molecule has 2 N–H and O–H groups in total. The molecule has 0 spiro atoms. The van der Waals surface area contributed by atoms with E-state index < -0.39 is 17.7 Å². The molecule has 0 bridgehead atoms. The van der Waals surface area contributed by atoms with Gasteiger partial charge in [0.05, 0.1) is 11.6 Å². The number of nitrogens with zero attached hydrogens (tertiary/aromatic N) is 1. The second-order valence-corrected chi connectivity index (χ2v) is 7.81. The van der Waals surface area contributed by atoms with E-state index in [1.54, 1.807) is 6.07 Å². The Hall–Kier alpha value is -3.60. The van der Waals surface area contributed by atoms with Crippen molar-refractivity contribution in [3.8, 4) is 11.3 Å². The SMILES string of the molecule is CC(C)(OC(N)=O)C(c1ccccc1)n1c(-c2ccccc2)cc2ccc(F)cc21. The normalized spacial score (nSPS) is 12.6. The van der Waals surface area contributed by atoms with Crippen LogP contribution in [0.25, 0.3) is 22.2 Å². The molecule has 0 fully saturated rings. The summed E-state index contributed by atoms with van der Waals surface area (Å²) in [7, 11) is 0. The van der Waals surface area contributed by atoms with Crippen molar-refractivity contribution in [1.29, 1.82) is 0 Å². The lowest BCUT2D eigenvalue weighted by Gasteiger charge is -2.36. The van der Waals surface area contributed by atoms with E-state index in [9.17, 15) is 9.18 Å². The van der Waals surface area contributed by atoms with E-state index in [1.807, 2.05) is 85.1 Å². The van der Waals surface area contributed by atoms with Crippen molar-refractivity contribution >= 4 is 17.0 Å². The first kappa shape index (κ1) is 19.7. The highest BCUT2D eigenvalue weighted by atomic mass is 19.1. The molecule has 0 radical (unpaired) electrons. The van der Waals surface area contributed by atoms with Crippen LogP contribution in [0.2, 0.25) is 0 Å². The number of carbonyl (C=O) groups excluding carboxylic acids is 1. The molecule has 3 aromatic carbocycles. The number of carbonyl (C=O) groups is 1. The van der Waals surface area contributed by atoms with Crippen LogP contribution in [0, 0.1) is 5.82 Å². The number of nitrogens with two attached hydrogens (primary N) is 1. The van der Waals surface area contributed by atoms with Crippen LogP contribution >= 0.6 is 0 Å². The van der Waals surface area contributed by atoms with Gasteiger partial charge in [-0.1, -0.05) is 60.7 Å². The van der Waals surface area contributed by atoms with Gasteiger partial charge in [0.1, 0.15) is 11.4 Å². The second-order valence-electron chi connectivity index (χ2n) is 7.81. The number of hydrogen-bond donors (Lipinski definition) is 1. The summed E-state index contributed by atoms with van der Waals surface area (Å²) in [5.41, 5.74) is 7.90. The number of benzene rings is 3. The Morgan fingerprint density at radius 2 is 1.60 bits per heavy atom. The molecule has 1 unspecified atom stereocenters. The summed E-state index contributed by atoms with van der Waals surface area (Å²) >= 11 is 0. The average Bonchev–Trinajstić information content (AvgIpc) is 3.07. The average molecular weight is 402 g/mol. The summed E-state index contributed by atoms with van der Waals surface area (Å²) in [5, 5.41) is 0.894. The molecule has 1 heterocycles. The zero-order valence-corrected chi connectivity index (χ0v) is 16.9. The molecule has 30 heavy (non-hydrogen) atoms. The molecular formula is C25H23FN2O2. The van der Waals surface area contributed by atoms with E-state index >= 15 is 0 Å². The van der Waals surface area contributed by atoms with Crippen LogP contribution in [0.4, 0.5) is 9.18 Å². The van der Waals surface area contributed by atoms with Crippen molar-refractivity contribution in [1.82, 2.24) is 4.57 Å². The van der Waals surface area contributed by atoms with Crippen molar-refractivity contribution in [2.24, 2.45) is 5.73 Å². The number of primary amides is 1. The number of ether oxygens (including phenoxy) is 1. The Kier molecular flexibility index (Phi) is 5.04. The van der Waals surface area contributed by atoms with Gasteiger partial charge < -0.3 is 15.0 Å². The van der Waals surface area contributed by atoms with E-state index in [0.717, 1.165) is 22.2 Å². The van der Waals surface area contributed by atoms with Crippen LogP contribution in [0.15, 0.2) is 84.9 Å². The number of aromatic nitrogens is 1. The summed E-state index contributed by atoms with van der Waals surface area (Å²) in [5.74, 6) is -0.332. The van der Waals surface area contributed by atoms with E-state index in [-0.39, 0.29) is 5.82 Å². The lowest BCUT2D eigenvalue weighted by atomic mass is 9.90. The van der Waals surface area contributed by atoms with Crippen LogP contribution in [0.1, 0.15) is 25.5 Å². The van der Waals surface area contributed by atoms with Gasteiger partial charge in [0.25, 0.3) is 0 Å². The third-order valence-electron chi connectivity index (χ3n) is 5.27. The molecule has 1 atom stereocenters. The number of halogens is 1. The Labute approximate surface area is 174 Å². The van der Waals surface area contributed by atoms with Crippen LogP contribution in [-0.2, 0) is 4.74 Å². The summed E-state index contributed by atoms with van der Waals surface area (Å²) in [4.78, 5) is 11.7. The molecule has 4 nitrogen and oxygen atoms in total. The summed E-state index contributed by atoms with van der Waals surface area (Å²) in [6.45, 7) is 3.63. The molecule has 152 valence electrons. The van der Waals surface area contributed by atoms with Gasteiger partial charge in [0.15, 0.2) is 0 Å². The fourth-order valence-corrected chi connectivity index (χ4v) is 4.12. The number of fused-ring (bicyclic) bond motifs is 1. The van der Waals surface area contributed by atoms with Crippen LogP contribution in [-0.4, -0.2) is 16.3 Å². The van der Waals surface area contributed by atoms with Crippen LogP contribution < -0.4 is 5.73 Å². The fourth-order valence-electron chi connectivity index (χ4n) is 4.12. The van der Waals surface area contributed by atoms with Gasteiger partial charge in [-0.25, -0.2) is 9.18 Å². The van der Waals surface area contributed by atoms with Crippen molar-refractivity contribution < 1.29 is 13.9 Å². The van der Waals surface area contributed by atoms with Gasteiger partial charge in [-0.3, -0.25) is 0 Å². The highest BCUT2D eigenvalue weighted by molar-refractivity contribution is 5.87. The zero-order chi connectivity index (χ0) is 21.3. The van der Waals surface area contributed by atoms with Gasteiger partial charge in [0.2, 0.25) is 0 Å². The van der Waals surface area contributed by atoms with Gasteiger partial charge in [0, 0.05) is 11.1 Å². The second kappa shape index (κ2) is 7.67. The molecule has 4 rings (SSSR count). The monoisotopic (exact) mass is 402 g/mol. The molecule has 0 saturated carbocycles. The predicted octanol–water partition coefficient (Wildman–Crippen LogP) is 5.91. The lowest BCUT2D eigenvalue weighted by molar-refractivity contribution is 0.0174. The molecule has 0 aliphatic carbocycles. The minimum Gasteiger partial charge on any atom is -0.441 e.